The number of para-hydroxylation sites is 1. The normalized spacial score (nSPS) is 19.2. The summed E-state index contributed by atoms with van der Waals surface area (Å²) in [6.07, 6.45) is -3.50. The van der Waals surface area contributed by atoms with E-state index >= 15 is 0 Å². The standard InChI is InChI=1S/C19H15F3O4/c1-2-12-7-9-14(10-8-12)25-18(19(20,21)22)15(17(23)24)11-13-5-3-4-6-16(13)26-18/h3-11H,2H2,1H3,(H,23,24). The second-order valence-corrected chi connectivity index (χ2v) is 5.72. The van der Waals surface area contributed by atoms with Gasteiger partial charge in [-0.25, -0.2) is 4.79 Å². The number of carboxylic acids is 1. The summed E-state index contributed by atoms with van der Waals surface area (Å²) in [7, 11) is 0. The van der Waals surface area contributed by atoms with Gasteiger partial charge >= 0.3 is 17.9 Å². The monoisotopic (exact) mass is 364 g/mol. The van der Waals surface area contributed by atoms with Gasteiger partial charge in [0.05, 0.1) is 0 Å². The molecule has 1 N–H and O–H groups in total. The molecule has 0 radical (unpaired) electrons. The minimum Gasteiger partial charge on any atom is -0.478 e. The van der Waals surface area contributed by atoms with Crippen LogP contribution in [-0.2, 0) is 11.2 Å². The molecule has 1 aliphatic rings. The van der Waals surface area contributed by atoms with Gasteiger partial charge in [-0.15, -0.1) is 0 Å². The van der Waals surface area contributed by atoms with E-state index in [1.165, 1.54) is 30.3 Å². The van der Waals surface area contributed by atoms with E-state index in [1.54, 1.807) is 18.2 Å². The molecule has 2 aromatic carbocycles. The number of hydrogen-bond acceptors (Lipinski definition) is 3. The van der Waals surface area contributed by atoms with Crippen molar-refractivity contribution in [1.82, 2.24) is 0 Å². The van der Waals surface area contributed by atoms with E-state index < -0.39 is 23.5 Å². The molecule has 7 heteroatoms. The van der Waals surface area contributed by atoms with Gasteiger partial charge in [0.25, 0.3) is 0 Å². The molecule has 0 aromatic heterocycles. The van der Waals surface area contributed by atoms with Gasteiger partial charge < -0.3 is 14.6 Å². The number of ether oxygens (including phenoxy) is 2. The zero-order chi connectivity index (χ0) is 18.9. The number of aliphatic carboxylic acids is 1. The Hall–Kier alpha value is -2.96. The molecule has 4 nitrogen and oxygen atoms in total. The van der Waals surface area contributed by atoms with Crippen LogP contribution in [0.5, 0.6) is 11.5 Å². The van der Waals surface area contributed by atoms with E-state index in [1.807, 2.05) is 6.92 Å². The van der Waals surface area contributed by atoms with E-state index in [-0.39, 0.29) is 17.1 Å². The summed E-state index contributed by atoms with van der Waals surface area (Å²) in [5.74, 6) is -5.48. The van der Waals surface area contributed by atoms with E-state index in [0.29, 0.717) is 6.42 Å². The Bertz CT molecular complexity index is 856. The predicted octanol–water partition coefficient (Wildman–Crippen LogP) is 4.45. The maximum atomic E-state index is 14.0. The number of carboxylic acid groups (broad SMARTS) is 1. The van der Waals surface area contributed by atoms with Crippen LogP contribution in [0.25, 0.3) is 6.08 Å². The Morgan fingerprint density at radius 3 is 2.38 bits per heavy atom. The third kappa shape index (κ3) is 3.00. The lowest BCUT2D eigenvalue weighted by atomic mass is 9.97. The maximum absolute atomic E-state index is 14.0. The lowest BCUT2D eigenvalue weighted by molar-refractivity contribution is -0.304. The zero-order valence-corrected chi connectivity index (χ0v) is 13.7. The molecular formula is C19H15F3O4. The first-order valence-electron chi connectivity index (χ1n) is 7.85. The van der Waals surface area contributed by atoms with Crippen LogP contribution in [0.15, 0.2) is 54.1 Å². The van der Waals surface area contributed by atoms with Gasteiger partial charge in [0.15, 0.2) is 0 Å². The zero-order valence-electron chi connectivity index (χ0n) is 13.7. The number of aryl methyl sites for hydroxylation is 1. The van der Waals surface area contributed by atoms with Crippen molar-refractivity contribution in [1.29, 1.82) is 0 Å². The van der Waals surface area contributed by atoms with E-state index in [4.69, 9.17) is 9.47 Å². The number of rotatable bonds is 4. The lowest BCUT2D eigenvalue weighted by Crippen LogP contribution is -2.59. The molecule has 0 amide bonds. The molecule has 0 spiro atoms. The number of alkyl halides is 3. The minimum atomic E-state index is -5.13. The molecule has 136 valence electrons. The predicted molar refractivity (Wildman–Crippen MR) is 87.9 cm³/mol. The highest BCUT2D eigenvalue weighted by atomic mass is 19.4. The van der Waals surface area contributed by atoms with E-state index in [2.05, 4.69) is 0 Å². The van der Waals surface area contributed by atoms with Gasteiger partial charge in [-0.05, 0) is 36.3 Å². The van der Waals surface area contributed by atoms with Crippen LogP contribution in [-0.4, -0.2) is 23.0 Å². The summed E-state index contributed by atoms with van der Waals surface area (Å²) in [5, 5.41) is 9.39. The first kappa shape index (κ1) is 17.8. The van der Waals surface area contributed by atoms with Gasteiger partial charge in [0, 0.05) is 5.56 Å². The summed E-state index contributed by atoms with van der Waals surface area (Å²) < 4.78 is 52.2. The number of hydrogen-bond donors (Lipinski definition) is 1. The number of fused-ring (bicyclic) bond motifs is 1. The molecule has 26 heavy (non-hydrogen) atoms. The topological polar surface area (TPSA) is 55.8 Å². The smallest absolute Gasteiger partial charge is 0.473 e. The van der Waals surface area contributed by atoms with Crippen molar-refractivity contribution in [2.45, 2.75) is 25.3 Å². The summed E-state index contributed by atoms with van der Waals surface area (Å²) >= 11 is 0. The summed E-state index contributed by atoms with van der Waals surface area (Å²) in [6, 6.07) is 11.8. The highest BCUT2D eigenvalue weighted by Gasteiger charge is 2.66. The van der Waals surface area contributed by atoms with Crippen molar-refractivity contribution in [3.63, 3.8) is 0 Å². The average molecular weight is 364 g/mol. The van der Waals surface area contributed by atoms with Crippen molar-refractivity contribution in [2.24, 2.45) is 0 Å². The maximum Gasteiger partial charge on any atom is 0.473 e. The van der Waals surface area contributed by atoms with Crippen molar-refractivity contribution < 1.29 is 32.5 Å². The molecule has 1 unspecified atom stereocenters. The first-order chi connectivity index (χ1) is 12.3. The Kier molecular flexibility index (Phi) is 4.39. The fraction of sp³-hybridized carbons (Fsp3) is 0.211. The third-order valence-corrected chi connectivity index (χ3v) is 4.02. The van der Waals surface area contributed by atoms with Crippen LogP contribution in [0, 0.1) is 0 Å². The number of carbonyl (C=O) groups is 1. The first-order valence-corrected chi connectivity index (χ1v) is 7.85. The second-order valence-electron chi connectivity index (χ2n) is 5.72. The van der Waals surface area contributed by atoms with Crippen LogP contribution in [0.1, 0.15) is 18.1 Å². The molecule has 1 heterocycles. The van der Waals surface area contributed by atoms with Gasteiger partial charge in [0.2, 0.25) is 0 Å². The molecule has 1 aliphatic heterocycles. The van der Waals surface area contributed by atoms with Gasteiger partial charge in [-0.3, -0.25) is 0 Å². The third-order valence-electron chi connectivity index (χ3n) is 4.02. The molecular weight excluding hydrogens is 349 g/mol. The molecule has 1 atom stereocenters. The SMILES string of the molecule is CCc1ccc(OC2(C(F)(F)F)Oc3ccccc3C=C2C(=O)O)cc1. The lowest BCUT2D eigenvalue weighted by Gasteiger charge is -2.38. The minimum absolute atomic E-state index is 0.111. The number of benzene rings is 2. The molecule has 0 bridgehead atoms. The highest BCUT2D eigenvalue weighted by molar-refractivity contribution is 5.96. The van der Waals surface area contributed by atoms with Crippen molar-refractivity contribution in [3.8, 4) is 11.5 Å². The second kappa shape index (κ2) is 6.40. The van der Waals surface area contributed by atoms with Crippen molar-refractivity contribution >= 4 is 12.0 Å². The molecule has 0 saturated heterocycles. The van der Waals surface area contributed by atoms with Crippen LogP contribution in [0.3, 0.4) is 0 Å². The van der Waals surface area contributed by atoms with E-state index in [0.717, 1.165) is 11.6 Å². The van der Waals surface area contributed by atoms with Crippen LogP contribution in [0.2, 0.25) is 0 Å². The van der Waals surface area contributed by atoms with Crippen molar-refractivity contribution in [2.75, 3.05) is 0 Å². The average Bonchev–Trinajstić information content (AvgIpc) is 2.60. The molecule has 0 aliphatic carbocycles. The Labute approximate surface area is 147 Å². The Balaban J connectivity index is 2.13. The molecule has 0 saturated carbocycles. The number of halogens is 3. The van der Waals surface area contributed by atoms with Crippen LogP contribution in [0.4, 0.5) is 13.2 Å². The summed E-state index contributed by atoms with van der Waals surface area (Å²) in [4.78, 5) is 11.6. The molecule has 2 aromatic rings. The largest absolute Gasteiger partial charge is 0.478 e. The van der Waals surface area contributed by atoms with Gasteiger partial charge in [-0.2, -0.15) is 13.2 Å². The Morgan fingerprint density at radius 1 is 1.15 bits per heavy atom. The fourth-order valence-electron chi connectivity index (χ4n) is 2.66. The van der Waals surface area contributed by atoms with Crippen LogP contribution < -0.4 is 9.47 Å². The Morgan fingerprint density at radius 2 is 1.81 bits per heavy atom. The molecule has 0 fully saturated rings. The summed E-state index contributed by atoms with van der Waals surface area (Å²) in [5.41, 5.74) is 0.0975. The van der Waals surface area contributed by atoms with Crippen molar-refractivity contribution in [3.05, 3.63) is 65.2 Å². The summed E-state index contributed by atoms with van der Waals surface area (Å²) in [6.45, 7) is 1.90. The van der Waals surface area contributed by atoms with E-state index in [9.17, 15) is 23.1 Å². The van der Waals surface area contributed by atoms with Gasteiger partial charge in [-0.1, -0.05) is 37.3 Å². The quantitative estimate of drug-likeness (QED) is 0.871. The molecule has 3 rings (SSSR count). The highest BCUT2D eigenvalue weighted by Crippen LogP contribution is 2.46. The van der Waals surface area contributed by atoms with Crippen LogP contribution >= 0.6 is 0 Å². The fourth-order valence-corrected chi connectivity index (χ4v) is 2.66. The van der Waals surface area contributed by atoms with Gasteiger partial charge in [0.1, 0.15) is 17.1 Å².